The Morgan fingerprint density at radius 1 is 1.36 bits per heavy atom. The summed E-state index contributed by atoms with van der Waals surface area (Å²) in [7, 11) is 0. The molecule has 3 saturated carbocycles. The summed E-state index contributed by atoms with van der Waals surface area (Å²) in [6.07, 6.45) is 0.720. The molecule has 5 aliphatic rings. The molecular formula is C19H18F3N5O. The summed E-state index contributed by atoms with van der Waals surface area (Å²) in [4.78, 5) is 22.2. The maximum absolute atomic E-state index is 13.2. The minimum atomic E-state index is -4.56. The van der Waals surface area contributed by atoms with Crippen molar-refractivity contribution in [3.8, 4) is 11.3 Å². The van der Waals surface area contributed by atoms with E-state index in [-0.39, 0.29) is 17.5 Å². The van der Waals surface area contributed by atoms with Crippen molar-refractivity contribution in [1.29, 1.82) is 0 Å². The van der Waals surface area contributed by atoms with E-state index in [9.17, 15) is 18.0 Å². The van der Waals surface area contributed by atoms with E-state index in [4.69, 9.17) is 10.7 Å². The fraction of sp³-hybridized carbons (Fsp3) is 0.526. The predicted octanol–water partition coefficient (Wildman–Crippen LogP) is 2.61. The SMILES string of the molecule is CC(=O)N1C[C@H]2C3C1[C@]32n1cc(-c2cnc(N)c(C(F)(F)F)c2)nc1C1CC1. The summed E-state index contributed by atoms with van der Waals surface area (Å²) in [6, 6.07) is 1.24. The number of nitrogen functional groups attached to an aromatic ring is 1. The van der Waals surface area contributed by atoms with Gasteiger partial charge in [0.15, 0.2) is 0 Å². The Morgan fingerprint density at radius 2 is 2.11 bits per heavy atom. The van der Waals surface area contributed by atoms with Gasteiger partial charge in [0.25, 0.3) is 0 Å². The number of piperidine rings is 1. The van der Waals surface area contributed by atoms with Gasteiger partial charge in [0.05, 0.1) is 22.8 Å². The molecule has 0 radical (unpaired) electrons. The number of anilines is 1. The van der Waals surface area contributed by atoms with Gasteiger partial charge >= 0.3 is 6.18 Å². The van der Waals surface area contributed by atoms with E-state index in [1.165, 1.54) is 6.20 Å². The Hall–Kier alpha value is -2.58. The first kappa shape index (κ1) is 16.4. The molecule has 6 nitrogen and oxygen atoms in total. The Bertz CT molecular complexity index is 1040. The smallest absolute Gasteiger partial charge is 0.383 e. The molecule has 0 aromatic carbocycles. The highest BCUT2D eigenvalue weighted by Crippen LogP contribution is 2.83. The number of imidazole rings is 1. The zero-order chi connectivity index (χ0) is 19.6. The maximum atomic E-state index is 13.2. The molecule has 0 spiro atoms. The summed E-state index contributed by atoms with van der Waals surface area (Å²) in [6.45, 7) is 2.36. The Balaban J connectivity index is 1.42. The number of amides is 1. The summed E-state index contributed by atoms with van der Waals surface area (Å²) < 4.78 is 41.8. The van der Waals surface area contributed by atoms with Crippen LogP contribution in [0.25, 0.3) is 11.3 Å². The van der Waals surface area contributed by atoms with E-state index >= 15 is 0 Å². The van der Waals surface area contributed by atoms with Crippen LogP contribution in [0.4, 0.5) is 19.0 Å². The normalized spacial score (nSPS) is 32.4. The molecule has 2 bridgehead atoms. The molecular weight excluding hydrogens is 371 g/mol. The quantitative estimate of drug-likeness (QED) is 0.876. The van der Waals surface area contributed by atoms with Crippen molar-refractivity contribution in [2.75, 3.05) is 12.3 Å². The highest BCUT2D eigenvalue weighted by Gasteiger charge is 2.94. The zero-order valence-corrected chi connectivity index (χ0v) is 15.1. The molecule has 2 saturated heterocycles. The Labute approximate surface area is 158 Å². The maximum Gasteiger partial charge on any atom is 0.419 e. The first-order valence-corrected chi connectivity index (χ1v) is 9.44. The summed E-state index contributed by atoms with van der Waals surface area (Å²) >= 11 is 0. The average molecular weight is 389 g/mol. The Morgan fingerprint density at radius 3 is 2.68 bits per heavy atom. The highest BCUT2D eigenvalue weighted by molar-refractivity contribution is 5.77. The third kappa shape index (κ3) is 1.87. The first-order chi connectivity index (χ1) is 13.2. The number of carbonyl (C=O) groups excluding carboxylic acids is 1. The van der Waals surface area contributed by atoms with Crippen LogP contribution in [0, 0.1) is 11.8 Å². The van der Waals surface area contributed by atoms with Crippen LogP contribution in [-0.4, -0.2) is 37.9 Å². The van der Waals surface area contributed by atoms with Crippen LogP contribution in [0.1, 0.15) is 37.1 Å². The fourth-order valence-electron chi connectivity index (χ4n) is 5.37. The second-order valence-electron chi connectivity index (χ2n) is 8.42. The van der Waals surface area contributed by atoms with Gasteiger partial charge in [-0.1, -0.05) is 0 Å². The molecule has 2 aromatic rings. The molecule has 28 heavy (non-hydrogen) atoms. The van der Waals surface area contributed by atoms with Crippen LogP contribution in [0.2, 0.25) is 0 Å². The van der Waals surface area contributed by atoms with Gasteiger partial charge in [-0.2, -0.15) is 13.2 Å². The molecule has 4 heterocycles. The number of hydrogen-bond donors (Lipinski definition) is 1. The minimum absolute atomic E-state index is 0.0804. The third-order valence-corrected chi connectivity index (χ3v) is 6.90. The van der Waals surface area contributed by atoms with E-state index in [1.807, 2.05) is 11.1 Å². The van der Waals surface area contributed by atoms with Crippen LogP contribution in [-0.2, 0) is 16.5 Å². The second kappa shape index (κ2) is 4.69. The molecule has 3 aliphatic carbocycles. The molecule has 9 heteroatoms. The zero-order valence-electron chi connectivity index (χ0n) is 15.1. The van der Waals surface area contributed by atoms with Gasteiger partial charge in [0.1, 0.15) is 11.6 Å². The molecule has 2 aliphatic heterocycles. The minimum Gasteiger partial charge on any atom is -0.383 e. The largest absolute Gasteiger partial charge is 0.419 e. The third-order valence-electron chi connectivity index (χ3n) is 6.90. The van der Waals surface area contributed by atoms with Gasteiger partial charge in [-0.05, 0) is 18.9 Å². The number of alkyl halides is 3. The number of nitrogens with zero attached hydrogens (tertiary/aromatic N) is 4. The summed E-state index contributed by atoms with van der Waals surface area (Å²) in [5, 5.41) is 0. The number of pyridine rings is 1. The number of hydrogen-bond acceptors (Lipinski definition) is 4. The van der Waals surface area contributed by atoms with E-state index < -0.39 is 17.6 Å². The second-order valence-corrected chi connectivity index (χ2v) is 8.42. The predicted molar refractivity (Wildman–Crippen MR) is 93.0 cm³/mol. The lowest BCUT2D eigenvalue weighted by Gasteiger charge is -2.16. The topological polar surface area (TPSA) is 77.0 Å². The van der Waals surface area contributed by atoms with Gasteiger partial charge in [0, 0.05) is 49.2 Å². The van der Waals surface area contributed by atoms with Crippen LogP contribution in [0.3, 0.4) is 0 Å². The van der Waals surface area contributed by atoms with Crippen molar-refractivity contribution in [2.45, 2.75) is 43.4 Å². The molecule has 1 amide bonds. The van der Waals surface area contributed by atoms with Gasteiger partial charge < -0.3 is 15.2 Å². The van der Waals surface area contributed by atoms with Crippen LogP contribution in [0.15, 0.2) is 18.5 Å². The van der Waals surface area contributed by atoms with Crippen molar-refractivity contribution >= 4 is 11.7 Å². The highest BCUT2D eigenvalue weighted by atomic mass is 19.4. The average Bonchev–Trinajstić information content (AvgIpc) is 3.56. The number of fused-ring (bicyclic) bond motifs is 1. The number of aromatic nitrogens is 3. The molecule has 2 aromatic heterocycles. The number of rotatable bonds is 3. The van der Waals surface area contributed by atoms with E-state index in [0.29, 0.717) is 29.0 Å². The molecule has 2 N–H and O–H groups in total. The molecule has 4 atom stereocenters. The molecule has 5 fully saturated rings. The Kier molecular flexibility index (Phi) is 2.75. The van der Waals surface area contributed by atoms with Gasteiger partial charge in [0.2, 0.25) is 5.91 Å². The van der Waals surface area contributed by atoms with E-state index in [1.54, 1.807) is 6.92 Å². The lowest BCUT2D eigenvalue weighted by molar-refractivity contribution is -0.137. The standard InChI is InChI=1S/C19H18F3N5O/c1-8(28)26-6-12-14-15(26)18(12,14)27-7-13(25-17(27)9-2-3-9)10-4-11(19(20,21)22)16(23)24-5-10/h4-5,7,9,12,14-15H,2-3,6H2,1H3,(H2,23,24)/t12-,14?,15?,18+/m0/s1. The van der Waals surface area contributed by atoms with Crippen molar-refractivity contribution in [3.63, 3.8) is 0 Å². The monoisotopic (exact) mass is 389 g/mol. The van der Waals surface area contributed by atoms with Gasteiger partial charge in [-0.25, -0.2) is 9.97 Å². The summed E-state index contributed by atoms with van der Waals surface area (Å²) in [5.74, 6) is 1.74. The van der Waals surface area contributed by atoms with Crippen LogP contribution >= 0.6 is 0 Å². The lowest BCUT2D eigenvalue weighted by atomic mass is 10.1. The van der Waals surface area contributed by atoms with Crippen molar-refractivity contribution in [1.82, 2.24) is 19.4 Å². The van der Waals surface area contributed by atoms with Crippen molar-refractivity contribution < 1.29 is 18.0 Å². The molecule has 7 rings (SSSR count). The van der Waals surface area contributed by atoms with Crippen LogP contribution in [0.5, 0.6) is 0 Å². The lowest BCUT2D eigenvalue weighted by Crippen LogP contribution is -2.29. The molecule has 2 unspecified atom stereocenters. The first-order valence-electron chi connectivity index (χ1n) is 9.44. The number of nitrogens with two attached hydrogens (primary N) is 1. The molecule has 146 valence electrons. The van der Waals surface area contributed by atoms with E-state index in [2.05, 4.69) is 9.55 Å². The van der Waals surface area contributed by atoms with Crippen molar-refractivity contribution in [2.24, 2.45) is 11.8 Å². The van der Waals surface area contributed by atoms with E-state index in [0.717, 1.165) is 31.3 Å². The summed E-state index contributed by atoms with van der Waals surface area (Å²) in [5.41, 5.74) is 5.20. The fourth-order valence-corrected chi connectivity index (χ4v) is 5.37. The van der Waals surface area contributed by atoms with Gasteiger partial charge in [-0.3, -0.25) is 4.79 Å². The van der Waals surface area contributed by atoms with Crippen molar-refractivity contribution in [3.05, 3.63) is 29.8 Å². The number of halogens is 3. The number of carbonyl (C=O) groups is 1. The van der Waals surface area contributed by atoms with Gasteiger partial charge in [-0.15, -0.1) is 0 Å². The van der Waals surface area contributed by atoms with Crippen LogP contribution < -0.4 is 5.73 Å².